The zero-order valence-corrected chi connectivity index (χ0v) is 16.9. The summed E-state index contributed by atoms with van der Waals surface area (Å²) >= 11 is 0. The van der Waals surface area contributed by atoms with Crippen molar-refractivity contribution >= 4 is 0 Å². The Labute approximate surface area is 166 Å². The first kappa shape index (κ1) is 21.6. The molecule has 1 aromatic carbocycles. The summed E-state index contributed by atoms with van der Waals surface area (Å²) in [5.41, 5.74) is 3.53. The lowest BCUT2D eigenvalue weighted by Gasteiger charge is -2.38. The van der Waals surface area contributed by atoms with Crippen LogP contribution in [0.5, 0.6) is 11.5 Å². The normalized spacial score (nSPS) is 21.5. The van der Waals surface area contributed by atoms with E-state index in [2.05, 4.69) is 46.4 Å². The van der Waals surface area contributed by atoms with Crippen molar-refractivity contribution in [2.75, 3.05) is 0 Å². The maximum atomic E-state index is 10.9. The molecule has 0 fully saturated rings. The fourth-order valence-corrected chi connectivity index (χ4v) is 4.49. The van der Waals surface area contributed by atoms with Crippen LogP contribution in [0, 0.1) is 5.92 Å². The second-order valence-electron chi connectivity index (χ2n) is 8.85. The van der Waals surface area contributed by atoms with E-state index < -0.39 is 0 Å². The summed E-state index contributed by atoms with van der Waals surface area (Å²) in [6, 6.07) is 4.12. The lowest BCUT2D eigenvalue weighted by atomic mass is 9.73. The summed E-state index contributed by atoms with van der Waals surface area (Å²) in [5, 5.41) is 10.9. The number of benzene rings is 1. The van der Waals surface area contributed by atoms with Gasteiger partial charge in [-0.05, 0) is 49.3 Å². The Morgan fingerprint density at radius 2 is 1.96 bits per heavy atom. The van der Waals surface area contributed by atoms with Gasteiger partial charge in [0.25, 0.3) is 0 Å². The van der Waals surface area contributed by atoms with Gasteiger partial charge < -0.3 is 9.84 Å². The number of allylic oxidation sites excluding steroid dienone is 3. The van der Waals surface area contributed by atoms with Crippen molar-refractivity contribution in [2.45, 2.75) is 91.4 Å². The molecule has 1 heterocycles. The zero-order chi connectivity index (χ0) is 18.9. The predicted molar refractivity (Wildman–Crippen MR) is 116 cm³/mol. The molecule has 2 atom stereocenters. The van der Waals surface area contributed by atoms with Crippen molar-refractivity contribution in [2.24, 2.45) is 5.92 Å². The molecule has 2 heteroatoms. The second-order valence-corrected chi connectivity index (χ2v) is 8.85. The van der Waals surface area contributed by atoms with Crippen LogP contribution >= 0.6 is 0 Å². The monoisotopic (exact) mass is 370 g/mol. The maximum Gasteiger partial charge on any atom is 0.134 e. The number of hydrogen-bond acceptors (Lipinski definition) is 2. The van der Waals surface area contributed by atoms with Crippen LogP contribution in [-0.4, -0.2) is 5.11 Å². The van der Waals surface area contributed by atoms with Gasteiger partial charge in [-0.25, -0.2) is 0 Å². The summed E-state index contributed by atoms with van der Waals surface area (Å²) in [5.74, 6) is 2.52. The van der Waals surface area contributed by atoms with Gasteiger partial charge in [0.15, 0.2) is 0 Å². The minimum Gasteiger partial charge on any atom is -0.507 e. The standard InChI is InChI=1S/C24H34O2.CH4/c1-6-7-8-9-12-24(4,5)18-14-21(25)23-20-13-16(2)10-11-19(20)17(3)26-22(23)15-18;/h13-15,19-20,25H,3,6-12H2,1-2,4-5H3;1H4/t19-,20?;/m0./s1. The molecule has 1 unspecified atom stereocenters. The molecule has 27 heavy (non-hydrogen) atoms. The first-order valence-electron chi connectivity index (χ1n) is 10.2. The van der Waals surface area contributed by atoms with Crippen molar-refractivity contribution in [3.05, 3.63) is 47.2 Å². The maximum absolute atomic E-state index is 10.9. The van der Waals surface area contributed by atoms with E-state index in [0.29, 0.717) is 5.75 Å². The first-order chi connectivity index (χ1) is 12.3. The Bertz CT molecular complexity index is 711. The fourth-order valence-electron chi connectivity index (χ4n) is 4.49. The Kier molecular flexibility index (Phi) is 6.83. The van der Waals surface area contributed by atoms with E-state index in [4.69, 9.17) is 4.74 Å². The molecule has 2 aliphatic rings. The molecule has 1 aromatic rings. The molecule has 0 amide bonds. The lowest BCUT2D eigenvalue weighted by molar-refractivity contribution is 0.274. The summed E-state index contributed by atoms with van der Waals surface area (Å²) in [4.78, 5) is 0. The molecule has 0 spiro atoms. The van der Waals surface area contributed by atoms with E-state index in [0.717, 1.165) is 41.9 Å². The van der Waals surface area contributed by atoms with Crippen LogP contribution in [0.2, 0.25) is 0 Å². The molecule has 0 saturated carbocycles. The summed E-state index contributed by atoms with van der Waals surface area (Å²) in [7, 11) is 0. The van der Waals surface area contributed by atoms with Crippen LogP contribution < -0.4 is 4.74 Å². The smallest absolute Gasteiger partial charge is 0.134 e. The molecule has 1 aliphatic heterocycles. The first-order valence-corrected chi connectivity index (χ1v) is 10.2. The van der Waals surface area contributed by atoms with E-state index in [1.165, 1.54) is 31.3 Å². The number of fused-ring (bicyclic) bond motifs is 3. The van der Waals surface area contributed by atoms with Gasteiger partial charge >= 0.3 is 0 Å². The molecule has 0 radical (unpaired) electrons. The van der Waals surface area contributed by atoms with E-state index >= 15 is 0 Å². The Hall–Kier alpha value is -1.70. The molecule has 150 valence electrons. The number of hydrogen-bond donors (Lipinski definition) is 1. The van der Waals surface area contributed by atoms with Crippen LogP contribution in [0.15, 0.2) is 36.1 Å². The molecule has 0 bridgehead atoms. The highest BCUT2D eigenvalue weighted by Gasteiger charge is 2.37. The lowest BCUT2D eigenvalue weighted by Crippen LogP contribution is -2.26. The van der Waals surface area contributed by atoms with Crippen molar-refractivity contribution < 1.29 is 9.84 Å². The predicted octanol–water partition coefficient (Wildman–Crippen LogP) is 7.62. The second kappa shape index (κ2) is 8.54. The zero-order valence-electron chi connectivity index (χ0n) is 16.9. The molecular formula is C25H38O2. The summed E-state index contributed by atoms with van der Waals surface area (Å²) < 4.78 is 6.11. The third-order valence-corrected chi connectivity index (χ3v) is 6.29. The van der Waals surface area contributed by atoms with Crippen LogP contribution in [0.25, 0.3) is 0 Å². The van der Waals surface area contributed by atoms with Gasteiger partial charge in [-0.15, -0.1) is 0 Å². The van der Waals surface area contributed by atoms with Gasteiger partial charge in [0, 0.05) is 17.4 Å². The molecule has 1 N–H and O–H groups in total. The van der Waals surface area contributed by atoms with Crippen molar-refractivity contribution in [1.29, 1.82) is 0 Å². The third-order valence-electron chi connectivity index (χ3n) is 6.29. The van der Waals surface area contributed by atoms with E-state index in [1.54, 1.807) is 0 Å². The minimum absolute atomic E-state index is 0. The highest BCUT2D eigenvalue weighted by atomic mass is 16.5. The number of aromatic hydroxyl groups is 1. The number of phenols is 1. The molecule has 2 nitrogen and oxygen atoms in total. The number of phenolic OH excluding ortho intramolecular Hbond substituents is 1. The highest BCUT2D eigenvalue weighted by Crippen LogP contribution is 2.52. The Morgan fingerprint density at radius 1 is 1.22 bits per heavy atom. The quantitative estimate of drug-likeness (QED) is 0.412. The third kappa shape index (κ3) is 4.42. The number of unbranched alkanes of at least 4 members (excludes halogenated alkanes) is 3. The van der Waals surface area contributed by atoms with E-state index in [1.807, 2.05) is 6.07 Å². The van der Waals surface area contributed by atoms with Crippen LogP contribution in [-0.2, 0) is 5.41 Å². The van der Waals surface area contributed by atoms with Crippen LogP contribution in [0.3, 0.4) is 0 Å². The molecule has 0 aromatic heterocycles. The highest BCUT2D eigenvalue weighted by molar-refractivity contribution is 5.55. The average molecular weight is 371 g/mol. The molecular weight excluding hydrogens is 332 g/mol. The van der Waals surface area contributed by atoms with E-state index in [9.17, 15) is 5.11 Å². The van der Waals surface area contributed by atoms with Gasteiger partial charge in [-0.2, -0.15) is 0 Å². The van der Waals surface area contributed by atoms with E-state index in [-0.39, 0.29) is 24.7 Å². The molecule has 0 saturated heterocycles. The summed E-state index contributed by atoms with van der Waals surface area (Å²) in [6.07, 6.45) is 10.6. The number of rotatable bonds is 6. The minimum atomic E-state index is 0. The van der Waals surface area contributed by atoms with Crippen molar-refractivity contribution in [1.82, 2.24) is 0 Å². The summed E-state index contributed by atoms with van der Waals surface area (Å²) in [6.45, 7) is 13.1. The van der Waals surface area contributed by atoms with Crippen LogP contribution in [0.4, 0.5) is 0 Å². The van der Waals surface area contributed by atoms with Crippen molar-refractivity contribution in [3.8, 4) is 11.5 Å². The fraction of sp³-hybridized carbons (Fsp3) is 0.600. The Morgan fingerprint density at radius 3 is 2.67 bits per heavy atom. The van der Waals surface area contributed by atoms with Gasteiger partial charge in [0.1, 0.15) is 17.3 Å². The Balaban J connectivity index is 0.00000261. The topological polar surface area (TPSA) is 29.5 Å². The SMILES string of the molecule is C.C=C1Oc2cc(C(C)(C)CCCCCC)cc(O)c2C2C=C(C)CC[C@@H]12. The van der Waals surface area contributed by atoms with Gasteiger partial charge in [0.05, 0.1) is 0 Å². The van der Waals surface area contributed by atoms with Gasteiger partial charge in [0.2, 0.25) is 0 Å². The largest absolute Gasteiger partial charge is 0.507 e. The molecule has 1 aliphatic carbocycles. The number of ether oxygens (including phenoxy) is 1. The van der Waals surface area contributed by atoms with Gasteiger partial charge in [-0.1, -0.05) is 72.1 Å². The molecule has 3 rings (SSSR count). The average Bonchev–Trinajstić information content (AvgIpc) is 2.58. The van der Waals surface area contributed by atoms with Crippen LogP contribution in [0.1, 0.15) is 97.1 Å². The van der Waals surface area contributed by atoms with Gasteiger partial charge in [-0.3, -0.25) is 0 Å². The van der Waals surface area contributed by atoms with Crippen molar-refractivity contribution in [3.63, 3.8) is 0 Å².